The summed E-state index contributed by atoms with van der Waals surface area (Å²) < 4.78 is 15.5. The summed E-state index contributed by atoms with van der Waals surface area (Å²) >= 11 is 0. The van der Waals surface area contributed by atoms with Gasteiger partial charge in [0.15, 0.2) is 0 Å². The maximum absolute atomic E-state index is 11.8. The second kappa shape index (κ2) is 9.70. The molecule has 6 nitrogen and oxygen atoms in total. The average molecular weight is 338 g/mol. The van der Waals surface area contributed by atoms with Crippen molar-refractivity contribution in [3.05, 3.63) is 36.5 Å². The van der Waals surface area contributed by atoms with Crippen molar-refractivity contribution in [2.75, 3.05) is 13.2 Å². The zero-order chi connectivity index (χ0) is 18.9. The van der Waals surface area contributed by atoms with E-state index in [0.29, 0.717) is 0 Å². The van der Waals surface area contributed by atoms with Crippen molar-refractivity contribution in [2.24, 2.45) is 0 Å². The second-order valence-corrected chi connectivity index (χ2v) is 5.95. The molecule has 0 spiro atoms. The Morgan fingerprint density at radius 2 is 1.08 bits per heavy atom. The topological polar surface area (TPSA) is 78.9 Å². The zero-order valence-electron chi connectivity index (χ0n) is 14.9. The van der Waals surface area contributed by atoms with Crippen molar-refractivity contribution < 1.29 is 28.6 Å². The van der Waals surface area contributed by atoms with E-state index in [2.05, 4.69) is 19.7 Å². The Kier molecular flexibility index (Phi) is 8.74. The molecule has 0 aromatic rings. The molecule has 0 fully saturated rings. The third kappa shape index (κ3) is 8.31. The smallest absolute Gasteiger partial charge is 0.333 e. The quantitative estimate of drug-likeness (QED) is 0.346. The number of hydrogen-bond acceptors (Lipinski definition) is 6. The minimum Gasteiger partial charge on any atom is -0.462 e. The van der Waals surface area contributed by atoms with Crippen molar-refractivity contribution in [3.8, 4) is 0 Å². The Hall–Kier alpha value is -2.37. The Morgan fingerprint density at radius 1 is 0.750 bits per heavy atom. The van der Waals surface area contributed by atoms with Gasteiger partial charge in [-0.2, -0.15) is 0 Å². The van der Waals surface area contributed by atoms with E-state index in [1.165, 1.54) is 6.92 Å². The standard InChI is InChI=1S/C18H26O6/c1-12(2)15(19)22-10-8-18(7,24-17(21)14(5)6)9-11-23-16(20)13(3)4/h1,3,5,8-11H2,2,4,6-7H3. The van der Waals surface area contributed by atoms with Gasteiger partial charge in [0.2, 0.25) is 0 Å². The summed E-state index contributed by atoms with van der Waals surface area (Å²) in [7, 11) is 0. The molecule has 0 atom stereocenters. The summed E-state index contributed by atoms with van der Waals surface area (Å²) in [6.07, 6.45) is 0.491. The lowest BCUT2D eigenvalue weighted by molar-refractivity contribution is -0.158. The van der Waals surface area contributed by atoms with Crippen LogP contribution < -0.4 is 0 Å². The van der Waals surface area contributed by atoms with E-state index < -0.39 is 23.5 Å². The van der Waals surface area contributed by atoms with E-state index in [-0.39, 0.29) is 42.8 Å². The fraction of sp³-hybridized carbons (Fsp3) is 0.500. The molecule has 0 aliphatic rings. The van der Waals surface area contributed by atoms with Crippen molar-refractivity contribution in [1.29, 1.82) is 0 Å². The molecule has 0 unspecified atom stereocenters. The summed E-state index contributed by atoms with van der Waals surface area (Å²) in [5.74, 6) is -1.59. The van der Waals surface area contributed by atoms with Gasteiger partial charge in [-0.3, -0.25) is 0 Å². The minimum atomic E-state index is -0.971. The largest absolute Gasteiger partial charge is 0.462 e. The maximum Gasteiger partial charge on any atom is 0.333 e. The molecule has 6 heteroatoms. The fourth-order valence-corrected chi connectivity index (χ4v) is 1.50. The summed E-state index contributed by atoms with van der Waals surface area (Å²) in [5.41, 5.74) is -0.156. The van der Waals surface area contributed by atoms with Gasteiger partial charge in [0, 0.05) is 29.6 Å². The molecular formula is C18H26O6. The second-order valence-electron chi connectivity index (χ2n) is 5.95. The van der Waals surface area contributed by atoms with Gasteiger partial charge in [0.25, 0.3) is 0 Å². The number of hydrogen-bond donors (Lipinski definition) is 0. The molecule has 0 amide bonds. The number of carbonyl (C=O) groups excluding carboxylic acids is 3. The lowest BCUT2D eigenvalue weighted by Crippen LogP contribution is -2.35. The number of carbonyl (C=O) groups is 3. The highest BCUT2D eigenvalue weighted by atomic mass is 16.6. The van der Waals surface area contributed by atoms with Gasteiger partial charge in [0.05, 0.1) is 13.2 Å². The number of rotatable bonds is 10. The molecule has 0 saturated heterocycles. The van der Waals surface area contributed by atoms with E-state index in [9.17, 15) is 14.4 Å². The fourth-order valence-electron chi connectivity index (χ4n) is 1.50. The van der Waals surface area contributed by atoms with Crippen LogP contribution in [0.25, 0.3) is 0 Å². The predicted molar refractivity (Wildman–Crippen MR) is 90.1 cm³/mol. The summed E-state index contributed by atoms with van der Waals surface area (Å²) in [6, 6.07) is 0. The molecular weight excluding hydrogens is 312 g/mol. The minimum absolute atomic E-state index is 0.0418. The van der Waals surface area contributed by atoms with E-state index in [1.807, 2.05) is 0 Å². The van der Waals surface area contributed by atoms with Crippen LogP contribution in [0.2, 0.25) is 0 Å². The van der Waals surface area contributed by atoms with Crippen LogP contribution >= 0.6 is 0 Å². The lowest BCUT2D eigenvalue weighted by Gasteiger charge is -2.29. The van der Waals surface area contributed by atoms with E-state index in [4.69, 9.17) is 14.2 Å². The van der Waals surface area contributed by atoms with Crippen LogP contribution in [0.4, 0.5) is 0 Å². The summed E-state index contributed by atoms with van der Waals surface area (Å²) in [6.45, 7) is 16.9. The highest BCUT2D eigenvalue weighted by Crippen LogP contribution is 2.22. The van der Waals surface area contributed by atoms with E-state index >= 15 is 0 Å². The molecule has 24 heavy (non-hydrogen) atoms. The first kappa shape index (κ1) is 21.6. The molecule has 0 aliphatic carbocycles. The third-order valence-corrected chi connectivity index (χ3v) is 3.11. The van der Waals surface area contributed by atoms with Crippen LogP contribution in [0.15, 0.2) is 36.5 Å². The van der Waals surface area contributed by atoms with Crippen LogP contribution in [0, 0.1) is 0 Å². The number of ether oxygens (including phenoxy) is 3. The zero-order valence-corrected chi connectivity index (χ0v) is 14.9. The number of esters is 3. The highest BCUT2D eigenvalue weighted by molar-refractivity contribution is 5.88. The molecule has 0 saturated carbocycles. The van der Waals surface area contributed by atoms with Gasteiger partial charge < -0.3 is 14.2 Å². The van der Waals surface area contributed by atoms with Crippen molar-refractivity contribution >= 4 is 17.9 Å². The Labute approximate surface area is 143 Å². The van der Waals surface area contributed by atoms with Crippen LogP contribution in [-0.4, -0.2) is 36.7 Å². The Balaban J connectivity index is 4.75. The Morgan fingerprint density at radius 3 is 1.38 bits per heavy atom. The van der Waals surface area contributed by atoms with Crippen LogP contribution in [0.5, 0.6) is 0 Å². The first-order valence-corrected chi connectivity index (χ1v) is 7.52. The maximum atomic E-state index is 11.8. The first-order valence-electron chi connectivity index (χ1n) is 7.52. The predicted octanol–water partition coefficient (Wildman–Crippen LogP) is 2.88. The van der Waals surface area contributed by atoms with Gasteiger partial charge >= 0.3 is 17.9 Å². The molecule has 0 rings (SSSR count). The Bertz CT molecular complexity index is 512. The summed E-state index contributed by atoms with van der Waals surface area (Å²) in [5, 5.41) is 0. The van der Waals surface area contributed by atoms with Crippen molar-refractivity contribution in [2.45, 2.75) is 46.1 Å². The molecule has 0 aliphatic heterocycles. The molecule has 0 bridgehead atoms. The van der Waals surface area contributed by atoms with Gasteiger partial charge in [-0.1, -0.05) is 19.7 Å². The highest BCUT2D eigenvalue weighted by Gasteiger charge is 2.30. The molecule has 0 aromatic carbocycles. The van der Waals surface area contributed by atoms with Crippen LogP contribution in [0.1, 0.15) is 40.5 Å². The van der Waals surface area contributed by atoms with Gasteiger partial charge in [0.1, 0.15) is 5.60 Å². The molecule has 0 aromatic heterocycles. The van der Waals surface area contributed by atoms with E-state index in [1.54, 1.807) is 20.8 Å². The van der Waals surface area contributed by atoms with Crippen LogP contribution in [-0.2, 0) is 28.6 Å². The van der Waals surface area contributed by atoms with Crippen molar-refractivity contribution in [3.63, 3.8) is 0 Å². The molecule has 0 radical (unpaired) electrons. The first-order chi connectivity index (χ1) is 11.0. The summed E-state index contributed by atoms with van der Waals surface area (Å²) in [4.78, 5) is 34.6. The van der Waals surface area contributed by atoms with Crippen LogP contribution in [0.3, 0.4) is 0 Å². The SMILES string of the molecule is C=C(C)C(=O)OCCC(C)(CCOC(=O)C(=C)C)OC(=O)C(=C)C. The van der Waals surface area contributed by atoms with Gasteiger partial charge in [-0.25, -0.2) is 14.4 Å². The average Bonchev–Trinajstić information content (AvgIpc) is 2.46. The monoisotopic (exact) mass is 338 g/mol. The lowest BCUT2D eigenvalue weighted by atomic mass is 9.98. The normalized spacial score (nSPS) is 10.5. The van der Waals surface area contributed by atoms with Crippen molar-refractivity contribution in [1.82, 2.24) is 0 Å². The molecule has 134 valence electrons. The van der Waals surface area contributed by atoms with E-state index in [0.717, 1.165) is 0 Å². The van der Waals surface area contributed by atoms with Gasteiger partial charge in [-0.05, 0) is 27.7 Å². The third-order valence-electron chi connectivity index (χ3n) is 3.11. The molecule has 0 N–H and O–H groups in total. The molecule has 0 heterocycles. The van der Waals surface area contributed by atoms with Gasteiger partial charge in [-0.15, -0.1) is 0 Å².